The van der Waals surface area contributed by atoms with Crippen LogP contribution in [0.25, 0.3) is 0 Å². The van der Waals surface area contributed by atoms with E-state index in [2.05, 4.69) is 48.1 Å². The van der Waals surface area contributed by atoms with Crippen LogP contribution < -0.4 is 5.32 Å². The number of likely N-dealkylation sites (N-methyl/N-ethyl adjacent to an activating group) is 1. The molecule has 1 rings (SSSR count). The summed E-state index contributed by atoms with van der Waals surface area (Å²) in [5.74, 6) is 0. The van der Waals surface area contributed by atoms with E-state index in [4.69, 9.17) is 0 Å². The first-order chi connectivity index (χ1) is 7.09. The minimum absolute atomic E-state index is 0.244. The Labute approximate surface area is 91.7 Å². The van der Waals surface area contributed by atoms with E-state index in [9.17, 15) is 0 Å². The highest BCUT2D eigenvalue weighted by molar-refractivity contribution is 5.00. The molecule has 1 aromatic heterocycles. The second-order valence-corrected chi connectivity index (χ2v) is 4.18. The number of nitrogens with zero attached hydrogens (tertiary/aromatic N) is 3. The number of hydrogen-bond acceptors (Lipinski definition) is 4. The fraction of sp³-hybridized carbons (Fsp3) is 0.636. The normalized spacial score (nSPS) is 15.3. The van der Waals surface area contributed by atoms with Gasteiger partial charge in [-0.3, -0.25) is 9.97 Å². The minimum atomic E-state index is 0.244. The summed E-state index contributed by atoms with van der Waals surface area (Å²) in [6.07, 6.45) is 5.23. The van der Waals surface area contributed by atoms with Crippen molar-refractivity contribution in [3.8, 4) is 0 Å². The van der Waals surface area contributed by atoms with Gasteiger partial charge in [0.05, 0.1) is 5.69 Å². The van der Waals surface area contributed by atoms with Gasteiger partial charge in [0.1, 0.15) is 0 Å². The third kappa shape index (κ3) is 4.36. The van der Waals surface area contributed by atoms with E-state index in [1.807, 2.05) is 0 Å². The van der Waals surface area contributed by atoms with Crippen molar-refractivity contribution in [3.05, 3.63) is 24.3 Å². The van der Waals surface area contributed by atoms with Gasteiger partial charge in [0.25, 0.3) is 0 Å². The lowest BCUT2D eigenvalue weighted by molar-refractivity contribution is 0.333. The van der Waals surface area contributed by atoms with Crippen LogP contribution in [0.1, 0.15) is 25.6 Å². The van der Waals surface area contributed by atoms with Crippen molar-refractivity contribution in [3.63, 3.8) is 0 Å². The van der Waals surface area contributed by atoms with Gasteiger partial charge in [0.2, 0.25) is 0 Å². The zero-order valence-corrected chi connectivity index (χ0v) is 9.94. The summed E-state index contributed by atoms with van der Waals surface area (Å²) >= 11 is 0. The predicted molar refractivity (Wildman–Crippen MR) is 61.6 cm³/mol. The Kier molecular flexibility index (Phi) is 4.65. The summed E-state index contributed by atoms with van der Waals surface area (Å²) in [5.41, 5.74) is 0.989. The Morgan fingerprint density at radius 1 is 1.33 bits per heavy atom. The predicted octanol–water partition coefficient (Wildman–Crippen LogP) is 1.08. The lowest BCUT2D eigenvalue weighted by Crippen LogP contribution is -2.37. The molecule has 1 heterocycles. The van der Waals surface area contributed by atoms with E-state index in [-0.39, 0.29) is 6.04 Å². The topological polar surface area (TPSA) is 41.0 Å². The monoisotopic (exact) mass is 208 g/mol. The minimum Gasteiger partial charge on any atom is -0.308 e. The summed E-state index contributed by atoms with van der Waals surface area (Å²) < 4.78 is 0. The molecular weight excluding hydrogens is 188 g/mol. The molecule has 0 aliphatic carbocycles. The fourth-order valence-electron chi connectivity index (χ4n) is 1.65. The van der Waals surface area contributed by atoms with Crippen LogP contribution in [0.2, 0.25) is 0 Å². The molecule has 0 aliphatic heterocycles. The Bertz CT molecular complexity index is 273. The van der Waals surface area contributed by atoms with Crippen LogP contribution in [0, 0.1) is 0 Å². The molecule has 1 aromatic rings. The summed E-state index contributed by atoms with van der Waals surface area (Å²) in [5, 5.41) is 3.48. The molecule has 2 unspecified atom stereocenters. The molecule has 0 bridgehead atoms. The summed E-state index contributed by atoms with van der Waals surface area (Å²) in [7, 11) is 4.15. The number of hydrogen-bond donors (Lipinski definition) is 1. The quantitative estimate of drug-likeness (QED) is 0.786. The van der Waals surface area contributed by atoms with Gasteiger partial charge in [-0.05, 0) is 27.9 Å². The van der Waals surface area contributed by atoms with Crippen molar-refractivity contribution in [1.29, 1.82) is 0 Å². The maximum Gasteiger partial charge on any atom is 0.0753 e. The molecule has 1 N–H and O–H groups in total. The summed E-state index contributed by atoms with van der Waals surface area (Å²) in [6.45, 7) is 5.30. The molecule has 0 spiro atoms. The van der Waals surface area contributed by atoms with Gasteiger partial charge < -0.3 is 10.2 Å². The Morgan fingerprint density at radius 2 is 2.07 bits per heavy atom. The maximum atomic E-state index is 4.27. The van der Waals surface area contributed by atoms with E-state index in [1.165, 1.54) is 0 Å². The molecule has 84 valence electrons. The van der Waals surface area contributed by atoms with E-state index < -0.39 is 0 Å². The Hall–Kier alpha value is -1.00. The van der Waals surface area contributed by atoms with Crippen molar-refractivity contribution in [2.24, 2.45) is 0 Å². The van der Waals surface area contributed by atoms with E-state index in [0.717, 1.165) is 12.2 Å². The molecule has 4 nitrogen and oxygen atoms in total. The largest absolute Gasteiger partial charge is 0.308 e. The SMILES string of the molecule is CC(CN(C)C)NC(C)c1cnccn1. The maximum absolute atomic E-state index is 4.27. The van der Waals surface area contributed by atoms with Crippen LogP contribution in [0.4, 0.5) is 0 Å². The molecule has 0 fully saturated rings. The molecular formula is C11H20N4. The van der Waals surface area contributed by atoms with Crippen molar-refractivity contribution in [2.45, 2.75) is 25.9 Å². The first-order valence-electron chi connectivity index (χ1n) is 5.26. The second kappa shape index (κ2) is 5.78. The molecule has 0 saturated carbocycles. The van der Waals surface area contributed by atoms with Crippen LogP contribution in [0.3, 0.4) is 0 Å². The number of rotatable bonds is 5. The molecule has 0 amide bonds. The molecule has 4 heteroatoms. The highest BCUT2D eigenvalue weighted by atomic mass is 15.1. The zero-order valence-electron chi connectivity index (χ0n) is 9.94. The second-order valence-electron chi connectivity index (χ2n) is 4.18. The first-order valence-corrected chi connectivity index (χ1v) is 5.26. The standard InChI is InChI=1S/C11H20N4/c1-9(8-15(3)4)14-10(2)11-7-12-5-6-13-11/h5-7,9-10,14H,8H2,1-4H3. The summed E-state index contributed by atoms with van der Waals surface area (Å²) in [4.78, 5) is 10.5. The highest BCUT2D eigenvalue weighted by Crippen LogP contribution is 2.07. The van der Waals surface area contributed by atoms with Crippen LogP contribution in [-0.4, -0.2) is 41.5 Å². The number of nitrogens with one attached hydrogen (secondary N) is 1. The highest BCUT2D eigenvalue weighted by Gasteiger charge is 2.10. The van der Waals surface area contributed by atoms with Crippen molar-refractivity contribution >= 4 is 0 Å². The van der Waals surface area contributed by atoms with Crippen LogP contribution >= 0.6 is 0 Å². The van der Waals surface area contributed by atoms with Gasteiger partial charge >= 0.3 is 0 Å². The molecule has 15 heavy (non-hydrogen) atoms. The first kappa shape index (κ1) is 12.1. The molecule has 0 aliphatic rings. The van der Waals surface area contributed by atoms with Gasteiger partial charge in [0, 0.05) is 37.2 Å². The van der Waals surface area contributed by atoms with Crippen LogP contribution in [0.15, 0.2) is 18.6 Å². The van der Waals surface area contributed by atoms with Gasteiger partial charge in [-0.2, -0.15) is 0 Å². The fourth-order valence-corrected chi connectivity index (χ4v) is 1.65. The van der Waals surface area contributed by atoms with Gasteiger partial charge in [0.15, 0.2) is 0 Å². The summed E-state index contributed by atoms with van der Waals surface area (Å²) in [6, 6.07) is 0.686. The molecule has 0 aromatic carbocycles. The lowest BCUT2D eigenvalue weighted by Gasteiger charge is -2.22. The third-order valence-electron chi connectivity index (χ3n) is 2.20. The lowest BCUT2D eigenvalue weighted by atomic mass is 10.2. The molecule has 2 atom stereocenters. The van der Waals surface area contributed by atoms with E-state index in [1.54, 1.807) is 18.6 Å². The van der Waals surface area contributed by atoms with Gasteiger partial charge in [-0.1, -0.05) is 0 Å². The zero-order chi connectivity index (χ0) is 11.3. The van der Waals surface area contributed by atoms with Crippen molar-refractivity contribution in [2.75, 3.05) is 20.6 Å². The smallest absolute Gasteiger partial charge is 0.0753 e. The van der Waals surface area contributed by atoms with Crippen molar-refractivity contribution in [1.82, 2.24) is 20.2 Å². The molecule has 0 saturated heterocycles. The average Bonchev–Trinajstić information content (AvgIpc) is 2.17. The van der Waals surface area contributed by atoms with E-state index >= 15 is 0 Å². The van der Waals surface area contributed by atoms with Gasteiger partial charge in [-0.25, -0.2) is 0 Å². The molecule has 0 radical (unpaired) electrons. The Morgan fingerprint density at radius 3 is 2.60 bits per heavy atom. The Balaban J connectivity index is 2.45. The van der Waals surface area contributed by atoms with Gasteiger partial charge in [-0.15, -0.1) is 0 Å². The number of aromatic nitrogens is 2. The van der Waals surface area contributed by atoms with Crippen molar-refractivity contribution < 1.29 is 0 Å². The van der Waals surface area contributed by atoms with Crippen LogP contribution in [-0.2, 0) is 0 Å². The third-order valence-corrected chi connectivity index (χ3v) is 2.20. The average molecular weight is 208 g/mol. The van der Waals surface area contributed by atoms with E-state index in [0.29, 0.717) is 6.04 Å². The van der Waals surface area contributed by atoms with Crippen LogP contribution in [0.5, 0.6) is 0 Å².